The quantitative estimate of drug-likeness (QED) is 0.408. The Morgan fingerprint density at radius 3 is 2.82 bits per heavy atom. The van der Waals surface area contributed by atoms with Crippen molar-refractivity contribution in [3.63, 3.8) is 0 Å². The molecular formula is C24H28N4O3S2. The zero-order valence-corrected chi connectivity index (χ0v) is 20.6. The molecule has 33 heavy (non-hydrogen) atoms. The average molecular weight is 485 g/mol. The van der Waals surface area contributed by atoms with Crippen LogP contribution < -0.4 is 10.3 Å². The number of aromatic nitrogens is 2. The monoisotopic (exact) mass is 484 g/mol. The van der Waals surface area contributed by atoms with E-state index in [0.717, 1.165) is 61.2 Å². The average Bonchev–Trinajstić information content (AvgIpc) is 3.20. The lowest BCUT2D eigenvalue weighted by Gasteiger charge is -2.26. The predicted octanol–water partition coefficient (Wildman–Crippen LogP) is 3.55. The van der Waals surface area contributed by atoms with Crippen molar-refractivity contribution in [2.45, 2.75) is 37.4 Å². The molecule has 9 heteroatoms. The highest BCUT2D eigenvalue weighted by molar-refractivity contribution is 7.99. The van der Waals surface area contributed by atoms with Crippen LogP contribution in [0.1, 0.15) is 29.7 Å². The maximum Gasteiger partial charge on any atom is 0.267 e. The first kappa shape index (κ1) is 22.4. The number of carbonyl (C=O) groups is 1. The smallest absolute Gasteiger partial charge is 0.267 e. The van der Waals surface area contributed by atoms with E-state index in [-0.39, 0.29) is 17.2 Å². The highest BCUT2D eigenvalue weighted by Gasteiger charge is 2.25. The molecule has 174 valence electrons. The van der Waals surface area contributed by atoms with Crippen molar-refractivity contribution >= 4 is 39.2 Å². The minimum Gasteiger partial charge on any atom is -0.497 e. The molecule has 0 atom stereocenters. The van der Waals surface area contributed by atoms with Crippen molar-refractivity contribution in [2.24, 2.45) is 0 Å². The SMILES string of the molecule is COc1cccc(-n2c(SCC(=O)N3CCCCC3)nc3sc4c(c3c2=O)CCN(C)C4)c1. The lowest BCUT2D eigenvalue weighted by molar-refractivity contribution is -0.129. The van der Waals surface area contributed by atoms with E-state index in [1.165, 1.54) is 23.1 Å². The number of hydrogen-bond acceptors (Lipinski definition) is 7. The summed E-state index contributed by atoms with van der Waals surface area (Å²) in [5.74, 6) is 1.06. The van der Waals surface area contributed by atoms with Crippen LogP contribution >= 0.6 is 23.1 Å². The fourth-order valence-electron chi connectivity index (χ4n) is 4.59. The van der Waals surface area contributed by atoms with Gasteiger partial charge in [-0.15, -0.1) is 11.3 Å². The van der Waals surface area contributed by atoms with Crippen LogP contribution in [-0.2, 0) is 17.8 Å². The van der Waals surface area contributed by atoms with Crippen LogP contribution in [0.15, 0.2) is 34.2 Å². The largest absolute Gasteiger partial charge is 0.497 e. The minimum atomic E-state index is -0.0665. The number of amides is 1. The Bertz CT molecular complexity index is 1250. The Hall–Kier alpha value is -2.36. The first-order valence-electron chi connectivity index (χ1n) is 11.4. The molecule has 4 heterocycles. The molecular weight excluding hydrogens is 456 g/mol. The number of likely N-dealkylation sites (tertiary alicyclic amines) is 1. The molecule has 1 amide bonds. The molecule has 0 aliphatic carbocycles. The highest BCUT2D eigenvalue weighted by Crippen LogP contribution is 2.34. The number of benzene rings is 1. The van der Waals surface area contributed by atoms with Gasteiger partial charge in [-0.25, -0.2) is 4.98 Å². The van der Waals surface area contributed by atoms with Crippen LogP contribution in [0.5, 0.6) is 5.75 Å². The molecule has 1 aromatic carbocycles. The maximum absolute atomic E-state index is 13.9. The second kappa shape index (κ2) is 9.48. The summed E-state index contributed by atoms with van der Waals surface area (Å²) in [4.78, 5) is 37.8. The maximum atomic E-state index is 13.9. The number of thiophene rings is 1. The Kier molecular flexibility index (Phi) is 6.44. The standard InChI is InChI=1S/C24H28N4O3S2/c1-26-12-9-18-19(14-26)33-22-21(18)23(30)28(16-7-6-8-17(13-16)31-2)24(25-22)32-15-20(29)27-10-4-3-5-11-27/h6-8,13H,3-5,9-12,14-15H2,1-2H3. The van der Waals surface area contributed by atoms with Gasteiger partial charge in [0.05, 0.1) is 23.9 Å². The number of carbonyl (C=O) groups excluding carboxylic acids is 1. The van der Waals surface area contributed by atoms with E-state index in [4.69, 9.17) is 9.72 Å². The van der Waals surface area contributed by atoms with Gasteiger partial charge in [0.25, 0.3) is 5.56 Å². The lowest BCUT2D eigenvalue weighted by Crippen LogP contribution is -2.36. The van der Waals surface area contributed by atoms with E-state index in [9.17, 15) is 9.59 Å². The van der Waals surface area contributed by atoms with Gasteiger partial charge in [0.15, 0.2) is 5.16 Å². The molecule has 0 N–H and O–H groups in total. The van der Waals surface area contributed by atoms with Crippen molar-refractivity contribution < 1.29 is 9.53 Å². The molecule has 2 aliphatic rings. The van der Waals surface area contributed by atoms with Gasteiger partial charge in [0, 0.05) is 37.1 Å². The van der Waals surface area contributed by atoms with E-state index in [1.54, 1.807) is 23.0 Å². The Morgan fingerprint density at radius 1 is 1.21 bits per heavy atom. The van der Waals surface area contributed by atoms with Crippen molar-refractivity contribution in [1.82, 2.24) is 19.4 Å². The topological polar surface area (TPSA) is 67.7 Å². The minimum absolute atomic E-state index is 0.0665. The van der Waals surface area contributed by atoms with Gasteiger partial charge in [-0.05, 0) is 50.4 Å². The summed E-state index contributed by atoms with van der Waals surface area (Å²) < 4.78 is 7.06. The van der Waals surface area contributed by atoms with E-state index >= 15 is 0 Å². The predicted molar refractivity (Wildman–Crippen MR) is 133 cm³/mol. The lowest BCUT2D eigenvalue weighted by atomic mass is 10.1. The Labute approximate surface area is 201 Å². The zero-order chi connectivity index (χ0) is 22.9. The van der Waals surface area contributed by atoms with E-state index in [2.05, 4.69) is 11.9 Å². The van der Waals surface area contributed by atoms with Crippen LogP contribution in [0, 0.1) is 0 Å². The third-order valence-electron chi connectivity index (χ3n) is 6.38. The van der Waals surface area contributed by atoms with Gasteiger partial charge in [-0.1, -0.05) is 17.8 Å². The summed E-state index contributed by atoms with van der Waals surface area (Å²) in [6.07, 6.45) is 4.15. The summed E-state index contributed by atoms with van der Waals surface area (Å²) in [6.45, 7) is 3.41. The van der Waals surface area contributed by atoms with E-state index in [1.807, 2.05) is 29.2 Å². The van der Waals surface area contributed by atoms with Crippen molar-refractivity contribution in [3.8, 4) is 11.4 Å². The number of thioether (sulfide) groups is 1. The molecule has 0 unspecified atom stereocenters. The number of nitrogens with zero attached hydrogens (tertiary/aromatic N) is 4. The zero-order valence-electron chi connectivity index (χ0n) is 19.0. The van der Waals surface area contributed by atoms with Gasteiger partial charge in [0.2, 0.25) is 5.91 Å². The summed E-state index contributed by atoms with van der Waals surface area (Å²) in [5, 5.41) is 1.27. The van der Waals surface area contributed by atoms with Gasteiger partial charge in [0.1, 0.15) is 10.6 Å². The molecule has 7 nitrogen and oxygen atoms in total. The van der Waals surface area contributed by atoms with Crippen molar-refractivity contribution in [1.29, 1.82) is 0 Å². The Balaban J connectivity index is 1.58. The number of fused-ring (bicyclic) bond motifs is 3. The molecule has 0 radical (unpaired) electrons. The molecule has 1 saturated heterocycles. The van der Waals surface area contributed by atoms with Crippen LogP contribution in [0.2, 0.25) is 0 Å². The van der Waals surface area contributed by atoms with Crippen LogP contribution in [0.3, 0.4) is 0 Å². The molecule has 1 fully saturated rings. The molecule has 3 aromatic rings. The summed E-state index contributed by atoms with van der Waals surface area (Å²) in [7, 11) is 3.71. The molecule has 0 spiro atoms. The van der Waals surface area contributed by atoms with Gasteiger partial charge < -0.3 is 14.5 Å². The molecule has 2 aromatic heterocycles. The van der Waals surface area contributed by atoms with Gasteiger partial charge >= 0.3 is 0 Å². The molecule has 5 rings (SSSR count). The molecule has 0 saturated carbocycles. The van der Waals surface area contributed by atoms with Crippen LogP contribution in [0.25, 0.3) is 15.9 Å². The van der Waals surface area contributed by atoms with Crippen LogP contribution in [-0.4, -0.2) is 64.8 Å². The third kappa shape index (κ3) is 4.41. The summed E-state index contributed by atoms with van der Waals surface area (Å²) in [6, 6.07) is 7.46. The number of hydrogen-bond donors (Lipinski definition) is 0. The van der Waals surface area contributed by atoms with Gasteiger partial charge in [-0.3, -0.25) is 14.2 Å². The number of rotatable bonds is 5. The fraction of sp³-hybridized carbons (Fsp3) is 0.458. The Morgan fingerprint density at radius 2 is 2.03 bits per heavy atom. The highest BCUT2D eigenvalue weighted by atomic mass is 32.2. The van der Waals surface area contributed by atoms with E-state index < -0.39 is 0 Å². The van der Waals surface area contributed by atoms with Crippen molar-refractivity contribution in [2.75, 3.05) is 39.5 Å². The number of likely N-dealkylation sites (N-methyl/N-ethyl adjacent to an activating group) is 1. The summed E-state index contributed by atoms with van der Waals surface area (Å²) >= 11 is 2.95. The first-order valence-corrected chi connectivity index (χ1v) is 13.2. The van der Waals surface area contributed by atoms with Crippen LogP contribution in [0.4, 0.5) is 0 Å². The number of ether oxygens (including phenoxy) is 1. The second-order valence-electron chi connectivity index (χ2n) is 8.64. The molecule has 0 bridgehead atoms. The second-order valence-corrected chi connectivity index (χ2v) is 10.7. The number of methoxy groups -OCH3 is 1. The van der Waals surface area contributed by atoms with Crippen molar-refractivity contribution in [3.05, 3.63) is 45.1 Å². The number of piperidine rings is 1. The first-order chi connectivity index (χ1) is 16.0. The van der Waals surface area contributed by atoms with Gasteiger partial charge in [-0.2, -0.15) is 0 Å². The summed E-state index contributed by atoms with van der Waals surface area (Å²) in [5.41, 5.74) is 1.76. The molecule has 2 aliphatic heterocycles. The fourth-order valence-corrected chi connectivity index (χ4v) is 6.84. The van der Waals surface area contributed by atoms with E-state index in [0.29, 0.717) is 16.6 Å². The third-order valence-corrected chi connectivity index (χ3v) is 8.41. The normalized spacial score (nSPS) is 16.7.